The van der Waals surface area contributed by atoms with Crippen LogP contribution in [0.25, 0.3) is 0 Å². The molecule has 3 saturated carbocycles. The number of nitro benzene ring substituents is 1. The van der Waals surface area contributed by atoms with Crippen molar-refractivity contribution in [2.45, 2.75) is 39.7 Å². The highest BCUT2D eigenvalue weighted by molar-refractivity contribution is 5.89. The van der Waals surface area contributed by atoms with Crippen molar-refractivity contribution in [3.63, 3.8) is 0 Å². The van der Waals surface area contributed by atoms with Gasteiger partial charge in [-0.25, -0.2) is 4.79 Å². The summed E-state index contributed by atoms with van der Waals surface area (Å²) in [6, 6.07) is 5.58. The molecule has 0 radical (unpaired) electrons. The number of non-ortho nitro benzene ring substituents is 1. The second-order valence-electron chi connectivity index (χ2n) is 7.20. The lowest BCUT2D eigenvalue weighted by Crippen LogP contribution is -2.57. The number of carbonyl (C=O) groups excluding carboxylic acids is 1. The predicted octanol–water partition coefficient (Wildman–Crippen LogP) is 3.82. The first kappa shape index (κ1) is 15.0. The van der Waals surface area contributed by atoms with Crippen LogP contribution in [0, 0.1) is 33.3 Å². The molecule has 0 unspecified atom stereocenters. The van der Waals surface area contributed by atoms with Crippen LogP contribution in [0.4, 0.5) is 5.69 Å². The summed E-state index contributed by atoms with van der Waals surface area (Å²) in [5, 5.41) is 10.6. The molecule has 5 heteroatoms. The molecule has 4 atom stereocenters. The number of carbonyl (C=O) groups is 1. The fourth-order valence-corrected chi connectivity index (χ4v) is 4.18. The second kappa shape index (κ2) is 5.07. The van der Waals surface area contributed by atoms with Crippen LogP contribution in [0.15, 0.2) is 24.3 Å². The van der Waals surface area contributed by atoms with Gasteiger partial charge in [-0.3, -0.25) is 10.1 Å². The summed E-state index contributed by atoms with van der Waals surface area (Å²) in [5.41, 5.74) is 0.706. The van der Waals surface area contributed by atoms with Gasteiger partial charge in [-0.2, -0.15) is 0 Å². The summed E-state index contributed by atoms with van der Waals surface area (Å²) >= 11 is 0. The van der Waals surface area contributed by atoms with E-state index < -0.39 is 4.92 Å². The van der Waals surface area contributed by atoms with E-state index in [1.807, 2.05) is 0 Å². The van der Waals surface area contributed by atoms with E-state index in [-0.39, 0.29) is 17.8 Å². The third-order valence-electron chi connectivity index (χ3n) is 5.86. The number of fused-ring (bicyclic) bond motifs is 2. The van der Waals surface area contributed by atoms with Gasteiger partial charge in [0.1, 0.15) is 6.10 Å². The fourth-order valence-electron chi connectivity index (χ4n) is 4.18. The summed E-state index contributed by atoms with van der Waals surface area (Å²) in [5.74, 6) is 1.22. The average molecular weight is 303 g/mol. The third kappa shape index (κ3) is 2.28. The number of nitro groups is 1. The Balaban J connectivity index is 1.66. The quantitative estimate of drug-likeness (QED) is 0.483. The lowest BCUT2D eigenvalue weighted by Gasteiger charge is -2.61. The Labute approximate surface area is 129 Å². The Kier molecular flexibility index (Phi) is 3.46. The highest BCUT2D eigenvalue weighted by Crippen LogP contribution is 2.61. The van der Waals surface area contributed by atoms with Crippen molar-refractivity contribution < 1.29 is 14.5 Å². The van der Waals surface area contributed by atoms with E-state index in [4.69, 9.17) is 4.74 Å². The largest absolute Gasteiger partial charge is 0.458 e. The van der Waals surface area contributed by atoms with Gasteiger partial charge in [0.15, 0.2) is 0 Å². The number of benzene rings is 1. The first-order valence-corrected chi connectivity index (χ1v) is 7.76. The van der Waals surface area contributed by atoms with E-state index in [2.05, 4.69) is 20.8 Å². The molecular formula is C17H21NO4. The van der Waals surface area contributed by atoms with Gasteiger partial charge in [0.05, 0.1) is 10.5 Å². The molecule has 2 bridgehead atoms. The van der Waals surface area contributed by atoms with Gasteiger partial charge < -0.3 is 4.74 Å². The zero-order valence-corrected chi connectivity index (χ0v) is 13.1. The molecule has 3 aliphatic rings. The molecule has 3 aliphatic carbocycles. The smallest absolute Gasteiger partial charge is 0.338 e. The first-order chi connectivity index (χ1) is 10.3. The maximum atomic E-state index is 12.2. The minimum atomic E-state index is -0.478. The highest BCUT2D eigenvalue weighted by atomic mass is 16.6. The third-order valence-corrected chi connectivity index (χ3v) is 5.86. The Bertz CT molecular complexity index is 608. The molecule has 0 aromatic heterocycles. The average Bonchev–Trinajstić information content (AvgIpc) is 2.48. The van der Waals surface area contributed by atoms with Crippen LogP contribution in [0.5, 0.6) is 0 Å². The SMILES string of the molecule is C[C@H]1[C@@H](OC(=O)c2ccc([N+](=O)[O-])cc2)C[C@H]2C[C@H]1C2(C)C. The minimum absolute atomic E-state index is 0.0226. The topological polar surface area (TPSA) is 69.4 Å². The first-order valence-electron chi connectivity index (χ1n) is 7.76. The van der Waals surface area contributed by atoms with Gasteiger partial charge in [0, 0.05) is 12.1 Å². The van der Waals surface area contributed by atoms with E-state index in [1.165, 1.54) is 30.7 Å². The predicted molar refractivity (Wildman–Crippen MR) is 81.5 cm³/mol. The molecule has 3 fully saturated rings. The number of hydrogen-bond acceptors (Lipinski definition) is 4. The van der Waals surface area contributed by atoms with E-state index in [1.54, 1.807) is 0 Å². The molecule has 5 nitrogen and oxygen atoms in total. The van der Waals surface area contributed by atoms with E-state index >= 15 is 0 Å². The summed E-state index contributed by atoms with van der Waals surface area (Å²) in [4.78, 5) is 22.4. The van der Waals surface area contributed by atoms with Crippen LogP contribution >= 0.6 is 0 Å². The number of esters is 1. The van der Waals surface area contributed by atoms with Crippen LogP contribution in [0.3, 0.4) is 0 Å². The van der Waals surface area contributed by atoms with Crippen molar-refractivity contribution in [3.05, 3.63) is 39.9 Å². The fraction of sp³-hybridized carbons (Fsp3) is 0.588. The van der Waals surface area contributed by atoms with Gasteiger partial charge in [-0.15, -0.1) is 0 Å². The highest BCUT2D eigenvalue weighted by Gasteiger charge is 2.57. The van der Waals surface area contributed by atoms with Crippen LogP contribution in [-0.2, 0) is 4.74 Å². The molecule has 0 saturated heterocycles. The van der Waals surface area contributed by atoms with Gasteiger partial charge in [-0.05, 0) is 48.1 Å². The van der Waals surface area contributed by atoms with Crippen LogP contribution < -0.4 is 0 Å². The molecule has 0 N–H and O–H groups in total. The maximum absolute atomic E-state index is 12.2. The Morgan fingerprint density at radius 1 is 1.27 bits per heavy atom. The molecule has 0 heterocycles. The van der Waals surface area contributed by atoms with Crippen LogP contribution in [0.1, 0.15) is 44.0 Å². The summed E-state index contributed by atoms with van der Waals surface area (Å²) in [7, 11) is 0. The normalized spacial score (nSPS) is 32.0. The summed E-state index contributed by atoms with van der Waals surface area (Å²) < 4.78 is 5.68. The van der Waals surface area contributed by atoms with Crippen molar-refractivity contribution in [1.82, 2.24) is 0 Å². The van der Waals surface area contributed by atoms with Crippen LogP contribution in [0.2, 0.25) is 0 Å². The lowest BCUT2D eigenvalue weighted by atomic mass is 9.45. The number of nitrogens with zero attached hydrogens (tertiary/aromatic N) is 1. The maximum Gasteiger partial charge on any atom is 0.338 e. The Morgan fingerprint density at radius 2 is 1.91 bits per heavy atom. The van der Waals surface area contributed by atoms with Gasteiger partial charge in [-0.1, -0.05) is 20.8 Å². The molecule has 0 amide bonds. The second-order valence-corrected chi connectivity index (χ2v) is 7.20. The van der Waals surface area contributed by atoms with Crippen molar-refractivity contribution in [2.24, 2.45) is 23.2 Å². The lowest BCUT2D eigenvalue weighted by molar-refractivity contribution is -0.384. The minimum Gasteiger partial charge on any atom is -0.458 e. The monoisotopic (exact) mass is 303 g/mol. The number of hydrogen-bond donors (Lipinski definition) is 0. The molecule has 118 valence electrons. The van der Waals surface area contributed by atoms with Crippen molar-refractivity contribution in [1.29, 1.82) is 0 Å². The van der Waals surface area contributed by atoms with Gasteiger partial charge in [0.25, 0.3) is 5.69 Å². The molecule has 1 aromatic rings. The van der Waals surface area contributed by atoms with Crippen molar-refractivity contribution >= 4 is 11.7 Å². The molecule has 4 rings (SSSR count). The zero-order chi connectivity index (χ0) is 16.1. The van der Waals surface area contributed by atoms with Crippen molar-refractivity contribution in [2.75, 3.05) is 0 Å². The Hall–Kier alpha value is -1.91. The van der Waals surface area contributed by atoms with Gasteiger partial charge in [0.2, 0.25) is 0 Å². The molecule has 0 aliphatic heterocycles. The number of ether oxygens (including phenoxy) is 1. The summed E-state index contributed by atoms with van der Waals surface area (Å²) in [6.07, 6.45) is 2.11. The van der Waals surface area contributed by atoms with Crippen molar-refractivity contribution in [3.8, 4) is 0 Å². The zero-order valence-electron chi connectivity index (χ0n) is 13.1. The number of rotatable bonds is 3. The van der Waals surface area contributed by atoms with E-state index in [0.717, 1.165) is 6.42 Å². The van der Waals surface area contributed by atoms with Crippen LogP contribution in [-0.4, -0.2) is 17.0 Å². The molecule has 1 aromatic carbocycles. The molecule has 22 heavy (non-hydrogen) atoms. The Morgan fingerprint density at radius 3 is 2.41 bits per heavy atom. The standard InChI is InChI=1S/C17H21NO4/c1-10-14-8-12(17(14,2)3)9-15(10)22-16(19)11-4-6-13(7-5-11)18(20)21/h4-7,10,12,14-15H,8-9H2,1-3H3/t10-,12-,14-,15+/m1/s1. The van der Waals surface area contributed by atoms with E-state index in [9.17, 15) is 14.9 Å². The van der Waals surface area contributed by atoms with Gasteiger partial charge >= 0.3 is 5.97 Å². The van der Waals surface area contributed by atoms with E-state index in [0.29, 0.717) is 28.7 Å². The molecular weight excluding hydrogens is 282 g/mol. The summed E-state index contributed by atoms with van der Waals surface area (Å²) in [6.45, 7) is 6.77. The molecule has 0 spiro atoms.